The maximum absolute atomic E-state index is 13.0. The van der Waals surface area contributed by atoms with Crippen LogP contribution in [0.1, 0.15) is 63.0 Å². The Balaban J connectivity index is 1.57. The second-order valence-corrected chi connectivity index (χ2v) is 8.48. The molecule has 2 heterocycles. The first-order valence-corrected chi connectivity index (χ1v) is 10.9. The lowest BCUT2D eigenvalue weighted by Gasteiger charge is -2.16. The number of carbonyl (C=O) groups excluding carboxylic acids is 2. The molecule has 1 aliphatic rings. The number of hydrogen-bond donors (Lipinski definition) is 1. The predicted molar refractivity (Wildman–Crippen MR) is 115 cm³/mol. The first-order valence-electron chi connectivity index (χ1n) is 10.1. The molecule has 1 aromatic carbocycles. The molecule has 2 aromatic heterocycles. The Hall–Kier alpha value is -3.47. The summed E-state index contributed by atoms with van der Waals surface area (Å²) in [5.74, 6) is -0.778. The lowest BCUT2D eigenvalue weighted by Crippen LogP contribution is -2.28. The molecule has 1 aliphatic carbocycles. The van der Waals surface area contributed by atoms with Crippen LogP contribution < -0.4 is 10.1 Å². The zero-order chi connectivity index (χ0) is 23.5. The highest BCUT2D eigenvalue weighted by molar-refractivity contribution is 7.16. The number of aromatic nitrogens is 3. The third-order valence-electron chi connectivity index (χ3n) is 5.04. The van der Waals surface area contributed by atoms with Crippen molar-refractivity contribution in [3.05, 3.63) is 58.5 Å². The molecule has 0 radical (unpaired) electrons. The van der Waals surface area contributed by atoms with Crippen molar-refractivity contribution in [1.29, 1.82) is 0 Å². The third-order valence-corrected chi connectivity index (χ3v) is 6.03. The van der Waals surface area contributed by atoms with Gasteiger partial charge < -0.3 is 14.8 Å². The van der Waals surface area contributed by atoms with Gasteiger partial charge in [0.1, 0.15) is 21.3 Å². The average Bonchev–Trinajstić information content (AvgIpc) is 3.54. The van der Waals surface area contributed by atoms with Crippen molar-refractivity contribution in [2.24, 2.45) is 0 Å². The molecule has 11 heteroatoms. The molecule has 1 unspecified atom stereocenters. The smallest absolute Gasteiger partial charge is 0.387 e. The Morgan fingerprint density at radius 1 is 1.15 bits per heavy atom. The molecule has 33 heavy (non-hydrogen) atoms. The van der Waals surface area contributed by atoms with Gasteiger partial charge >= 0.3 is 12.6 Å². The Morgan fingerprint density at radius 2 is 1.91 bits per heavy atom. The van der Waals surface area contributed by atoms with Gasteiger partial charge in [-0.25, -0.2) is 9.78 Å². The van der Waals surface area contributed by atoms with Crippen LogP contribution in [0, 0.1) is 0 Å². The molecular weight excluding hydrogens is 454 g/mol. The lowest BCUT2D eigenvalue weighted by atomic mass is 10.0. The van der Waals surface area contributed by atoms with E-state index in [9.17, 15) is 18.4 Å². The minimum absolute atomic E-state index is 0.0504. The fourth-order valence-electron chi connectivity index (χ4n) is 3.33. The molecule has 8 nitrogen and oxygen atoms in total. The zero-order valence-corrected chi connectivity index (χ0v) is 18.6. The molecule has 0 saturated heterocycles. The number of halogens is 2. The van der Waals surface area contributed by atoms with Crippen molar-refractivity contribution in [2.75, 3.05) is 7.11 Å². The van der Waals surface area contributed by atoms with Gasteiger partial charge in [0.05, 0.1) is 25.0 Å². The zero-order valence-electron chi connectivity index (χ0n) is 17.7. The molecule has 0 aliphatic heterocycles. The van der Waals surface area contributed by atoms with Crippen LogP contribution in [0.15, 0.2) is 36.8 Å². The SMILES string of the molecule is COC(=O)c1cnc(-c2nccnc2C(C)NC(=O)c2cc(OC(F)F)cc(C3CC3)c2)s1. The van der Waals surface area contributed by atoms with E-state index in [1.165, 1.54) is 31.8 Å². The number of thiazole rings is 1. The fourth-order valence-corrected chi connectivity index (χ4v) is 4.17. The first-order chi connectivity index (χ1) is 15.9. The standard InChI is InChI=1S/C22H20F2N4O4S/c1-11(17-18(26-6-5-25-17)20-27-10-16(33-20)21(30)31-2)28-19(29)14-7-13(12-3-4-12)8-15(9-14)32-22(23)24/h5-12,22H,3-4H2,1-2H3,(H,28,29). The molecule has 0 spiro atoms. The van der Waals surface area contributed by atoms with Crippen molar-refractivity contribution < 1.29 is 27.8 Å². The van der Waals surface area contributed by atoms with Crippen LogP contribution in [0.5, 0.6) is 5.75 Å². The minimum atomic E-state index is -2.98. The summed E-state index contributed by atoms with van der Waals surface area (Å²) in [4.78, 5) is 37.9. The monoisotopic (exact) mass is 474 g/mol. The van der Waals surface area contributed by atoms with E-state index in [0.717, 1.165) is 29.7 Å². The van der Waals surface area contributed by atoms with E-state index in [4.69, 9.17) is 4.74 Å². The van der Waals surface area contributed by atoms with Crippen LogP contribution in [0.25, 0.3) is 10.7 Å². The van der Waals surface area contributed by atoms with Crippen LogP contribution in [-0.2, 0) is 4.74 Å². The van der Waals surface area contributed by atoms with Crippen molar-refractivity contribution in [2.45, 2.75) is 38.3 Å². The van der Waals surface area contributed by atoms with Crippen LogP contribution in [-0.4, -0.2) is 40.5 Å². The Labute approximate surface area is 192 Å². The van der Waals surface area contributed by atoms with Crippen molar-refractivity contribution >= 4 is 23.2 Å². The Bertz CT molecular complexity index is 1180. The summed E-state index contributed by atoms with van der Waals surface area (Å²) in [6.45, 7) is -1.26. The van der Waals surface area contributed by atoms with Crippen LogP contribution >= 0.6 is 11.3 Å². The van der Waals surface area contributed by atoms with Gasteiger partial charge in [-0.1, -0.05) is 0 Å². The summed E-state index contributed by atoms with van der Waals surface area (Å²) >= 11 is 1.10. The highest BCUT2D eigenvalue weighted by Crippen LogP contribution is 2.41. The van der Waals surface area contributed by atoms with E-state index in [2.05, 4.69) is 25.0 Å². The normalized spacial score (nSPS) is 14.1. The van der Waals surface area contributed by atoms with Gasteiger partial charge in [0.2, 0.25) is 0 Å². The number of carbonyl (C=O) groups is 2. The second-order valence-electron chi connectivity index (χ2n) is 7.45. The number of nitrogens with one attached hydrogen (secondary N) is 1. The fraction of sp³-hybridized carbons (Fsp3) is 0.318. The van der Waals surface area contributed by atoms with Crippen LogP contribution in [0.2, 0.25) is 0 Å². The van der Waals surface area contributed by atoms with Gasteiger partial charge in [0.15, 0.2) is 0 Å². The van der Waals surface area contributed by atoms with Gasteiger partial charge in [-0.2, -0.15) is 8.78 Å². The number of ether oxygens (including phenoxy) is 2. The number of amides is 1. The average molecular weight is 474 g/mol. The molecule has 1 saturated carbocycles. The minimum Gasteiger partial charge on any atom is -0.465 e. The number of esters is 1. The molecular formula is C22H20F2N4O4S. The van der Waals surface area contributed by atoms with Gasteiger partial charge in [0.25, 0.3) is 5.91 Å². The quantitative estimate of drug-likeness (QED) is 0.484. The van der Waals surface area contributed by atoms with Crippen molar-refractivity contribution in [3.8, 4) is 16.5 Å². The maximum atomic E-state index is 13.0. The third kappa shape index (κ3) is 5.30. The first kappa shape index (κ1) is 22.7. The van der Waals surface area contributed by atoms with E-state index in [0.29, 0.717) is 21.3 Å². The second kappa shape index (κ2) is 9.57. The number of alkyl halides is 2. The van der Waals surface area contributed by atoms with E-state index in [1.807, 2.05) is 0 Å². The van der Waals surface area contributed by atoms with E-state index < -0.39 is 24.5 Å². The predicted octanol–water partition coefficient (Wildman–Crippen LogP) is 4.36. The summed E-state index contributed by atoms with van der Waals surface area (Å²) in [6.07, 6.45) is 6.25. The lowest BCUT2D eigenvalue weighted by molar-refractivity contribution is -0.0499. The Morgan fingerprint density at radius 3 is 2.61 bits per heavy atom. The molecule has 1 fully saturated rings. The molecule has 0 bridgehead atoms. The van der Waals surface area contributed by atoms with Crippen molar-refractivity contribution in [3.63, 3.8) is 0 Å². The van der Waals surface area contributed by atoms with Gasteiger partial charge in [-0.15, -0.1) is 11.3 Å². The maximum Gasteiger partial charge on any atom is 0.387 e. The molecule has 172 valence electrons. The number of nitrogens with zero attached hydrogens (tertiary/aromatic N) is 3. The van der Waals surface area contributed by atoms with E-state index in [1.54, 1.807) is 19.1 Å². The van der Waals surface area contributed by atoms with Crippen LogP contribution in [0.3, 0.4) is 0 Å². The van der Waals surface area contributed by atoms with Gasteiger partial charge in [-0.05, 0) is 49.4 Å². The molecule has 4 rings (SSSR count). The number of benzene rings is 1. The topological polar surface area (TPSA) is 103 Å². The highest BCUT2D eigenvalue weighted by atomic mass is 32.1. The van der Waals surface area contributed by atoms with Gasteiger partial charge in [-0.3, -0.25) is 14.8 Å². The number of methoxy groups -OCH3 is 1. The largest absolute Gasteiger partial charge is 0.465 e. The Kier molecular flexibility index (Phi) is 6.59. The molecule has 3 aromatic rings. The summed E-state index contributed by atoms with van der Waals surface area (Å²) in [7, 11) is 1.28. The van der Waals surface area contributed by atoms with Crippen molar-refractivity contribution in [1.82, 2.24) is 20.3 Å². The van der Waals surface area contributed by atoms with Gasteiger partial charge in [0, 0.05) is 18.0 Å². The van der Waals surface area contributed by atoms with E-state index >= 15 is 0 Å². The summed E-state index contributed by atoms with van der Waals surface area (Å²) in [5, 5.41) is 3.28. The molecule has 1 N–H and O–H groups in total. The summed E-state index contributed by atoms with van der Waals surface area (Å²) < 4.78 is 34.7. The number of hydrogen-bond acceptors (Lipinski definition) is 8. The van der Waals surface area contributed by atoms with E-state index in [-0.39, 0.29) is 17.2 Å². The molecule has 1 amide bonds. The highest BCUT2D eigenvalue weighted by Gasteiger charge is 2.27. The summed E-state index contributed by atoms with van der Waals surface area (Å²) in [6, 6.07) is 3.95. The molecule has 1 atom stereocenters. The number of rotatable bonds is 8. The van der Waals surface area contributed by atoms with Crippen LogP contribution in [0.4, 0.5) is 8.78 Å². The summed E-state index contributed by atoms with van der Waals surface area (Å²) in [5.41, 5.74) is 1.87.